The van der Waals surface area contributed by atoms with Crippen molar-refractivity contribution in [2.75, 3.05) is 6.61 Å². The van der Waals surface area contributed by atoms with Crippen molar-refractivity contribution in [3.63, 3.8) is 0 Å². The van der Waals surface area contributed by atoms with Crippen LogP contribution in [0.25, 0.3) is 11.5 Å². The standard InChI is InChI=1S/C15H12F3N5O3/c1-2-26-14(25)9-7-21-23(11(9)15(16,17)18)10-4-3-8(12(19)24)13-20-5-6-22(10)13/h3-7H,2H2,1H3,(H2,19,24). The zero-order valence-corrected chi connectivity index (χ0v) is 13.3. The lowest BCUT2D eigenvalue weighted by atomic mass is 10.2. The number of hydrogen-bond donors (Lipinski definition) is 1. The molecular formula is C15H12F3N5O3. The second-order valence-corrected chi connectivity index (χ2v) is 5.13. The molecule has 0 fully saturated rings. The Morgan fingerprint density at radius 2 is 2.00 bits per heavy atom. The molecule has 0 radical (unpaired) electrons. The third kappa shape index (κ3) is 2.76. The molecule has 0 aromatic carbocycles. The number of aromatic nitrogens is 4. The zero-order chi connectivity index (χ0) is 19.1. The number of carbonyl (C=O) groups excluding carboxylic acids is 2. The molecular weight excluding hydrogens is 355 g/mol. The predicted octanol–water partition coefficient (Wildman–Crippen LogP) is 1.81. The van der Waals surface area contributed by atoms with Crippen molar-refractivity contribution in [3.8, 4) is 5.82 Å². The first-order chi connectivity index (χ1) is 12.3. The van der Waals surface area contributed by atoms with Gasteiger partial charge in [-0.25, -0.2) is 14.5 Å². The molecule has 136 valence electrons. The molecule has 2 N–H and O–H groups in total. The molecule has 3 aromatic heterocycles. The molecule has 0 atom stereocenters. The van der Waals surface area contributed by atoms with E-state index < -0.39 is 29.3 Å². The Morgan fingerprint density at radius 1 is 1.27 bits per heavy atom. The van der Waals surface area contributed by atoms with E-state index in [4.69, 9.17) is 5.73 Å². The van der Waals surface area contributed by atoms with Gasteiger partial charge in [-0.05, 0) is 19.1 Å². The second-order valence-electron chi connectivity index (χ2n) is 5.13. The van der Waals surface area contributed by atoms with E-state index in [0.29, 0.717) is 4.68 Å². The summed E-state index contributed by atoms with van der Waals surface area (Å²) in [4.78, 5) is 27.3. The smallest absolute Gasteiger partial charge is 0.434 e. The number of fused-ring (bicyclic) bond motifs is 1. The Labute approximate surface area is 144 Å². The Balaban J connectivity index is 2.27. The summed E-state index contributed by atoms with van der Waals surface area (Å²) in [6.45, 7) is 1.40. The van der Waals surface area contributed by atoms with Crippen molar-refractivity contribution in [1.82, 2.24) is 19.2 Å². The summed E-state index contributed by atoms with van der Waals surface area (Å²) < 4.78 is 47.2. The van der Waals surface area contributed by atoms with Gasteiger partial charge in [-0.15, -0.1) is 0 Å². The van der Waals surface area contributed by atoms with Gasteiger partial charge in [0.2, 0.25) is 0 Å². The highest BCUT2D eigenvalue weighted by Crippen LogP contribution is 2.34. The fourth-order valence-electron chi connectivity index (χ4n) is 2.52. The zero-order valence-electron chi connectivity index (χ0n) is 13.3. The van der Waals surface area contributed by atoms with E-state index in [-0.39, 0.29) is 23.6 Å². The van der Waals surface area contributed by atoms with Crippen molar-refractivity contribution in [1.29, 1.82) is 0 Å². The number of hydrogen-bond acceptors (Lipinski definition) is 5. The maximum atomic E-state index is 13.6. The van der Waals surface area contributed by atoms with Gasteiger partial charge < -0.3 is 10.5 Å². The number of halogens is 3. The molecule has 0 saturated carbocycles. The number of rotatable bonds is 4. The predicted molar refractivity (Wildman–Crippen MR) is 81.8 cm³/mol. The quantitative estimate of drug-likeness (QED) is 0.708. The summed E-state index contributed by atoms with van der Waals surface area (Å²) in [5, 5.41) is 3.69. The molecule has 3 rings (SSSR count). The molecule has 3 aromatic rings. The lowest BCUT2D eigenvalue weighted by Gasteiger charge is -2.14. The van der Waals surface area contributed by atoms with Crippen LogP contribution in [-0.4, -0.2) is 37.6 Å². The summed E-state index contributed by atoms with van der Waals surface area (Å²) in [6.07, 6.45) is -1.45. The Kier molecular flexibility index (Phi) is 4.14. The molecule has 3 heterocycles. The van der Waals surface area contributed by atoms with Gasteiger partial charge in [-0.3, -0.25) is 9.20 Å². The van der Waals surface area contributed by atoms with Crippen LogP contribution >= 0.6 is 0 Å². The number of pyridine rings is 1. The molecule has 0 bridgehead atoms. The van der Waals surface area contributed by atoms with Crippen LogP contribution in [0.1, 0.15) is 33.3 Å². The molecule has 11 heteroatoms. The number of alkyl halides is 3. The van der Waals surface area contributed by atoms with Gasteiger partial charge in [0.05, 0.1) is 18.4 Å². The summed E-state index contributed by atoms with van der Waals surface area (Å²) in [5.41, 5.74) is 3.34. The van der Waals surface area contributed by atoms with Crippen LogP contribution in [0.4, 0.5) is 13.2 Å². The number of nitrogens with two attached hydrogens (primary N) is 1. The molecule has 0 aliphatic heterocycles. The summed E-state index contributed by atoms with van der Waals surface area (Å²) in [7, 11) is 0. The van der Waals surface area contributed by atoms with Crippen LogP contribution < -0.4 is 5.73 Å². The maximum absolute atomic E-state index is 13.6. The lowest BCUT2D eigenvalue weighted by molar-refractivity contribution is -0.143. The van der Waals surface area contributed by atoms with Gasteiger partial charge in [-0.2, -0.15) is 18.3 Å². The molecule has 1 amide bonds. The monoisotopic (exact) mass is 367 g/mol. The van der Waals surface area contributed by atoms with E-state index in [1.807, 2.05) is 0 Å². The van der Waals surface area contributed by atoms with Crippen LogP contribution in [0.2, 0.25) is 0 Å². The van der Waals surface area contributed by atoms with Gasteiger partial charge in [0.15, 0.2) is 11.3 Å². The van der Waals surface area contributed by atoms with Gasteiger partial charge in [0, 0.05) is 12.4 Å². The van der Waals surface area contributed by atoms with E-state index in [9.17, 15) is 22.8 Å². The first-order valence-electron chi connectivity index (χ1n) is 7.34. The molecule has 26 heavy (non-hydrogen) atoms. The number of primary amides is 1. The van der Waals surface area contributed by atoms with E-state index in [0.717, 1.165) is 6.20 Å². The van der Waals surface area contributed by atoms with Crippen molar-refractivity contribution in [3.05, 3.63) is 47.5 Å². The first kappa shape index (κ1) is 17.5. The van der Waals surface area contributed by atoms with Crippen LogP contribution in [0.5, 0.6) is 0 Å². The average Bonchev–Trinajstić information content (AvgIpc) is 3.20. The highest BCUT2D eigenvalue weighted by Gasteiger charge is 2.41. The fourth-order valence-corrected chi connectivity index (χ4v) is 2.52. The maximum Gasteiger partial charge on any atom is 0.434 e. The van der Waals surface area contributed by atoms with Crippen LogP contribution in [-0.2, 0) is 10.9 Å². The topological polar surface area (TPSA) is 105 Å². The number of amides is 1. The molecule has 0 spiro atoms. The van der Waals surface area contributed by atoms with Gasteiger partial charge in [0.1, 0.15) is 11.4 Å². The van der Waals surface area contributed by atoms with E-state index in [1.54, 1.807) is 0 Å². The number of imidazole rings is 1. The largest absolute Gasteiger partial charge is 0.462 e. The van der Waals surface area contributed by atoms with Crippen molar-refractivity contribution in [2.45, 2.75) is 13.1 Å². The summed E-state index contributed by atoms with van der Waals surface area (Å²) in [6, 6.07) is 2.47. The highest BCUT2D eigenvalue weighted by molar-refractivity contribution is 5.99. The lowest BCUT2D eigenvalue weighted by Crippen LogP contribution is -2.20. The second kappa shape index (κ2) is 6.17. The molecule has 8 nitrogen and oxygen atoms in total. The number of carbonyl (C=O) groups is 2. The third-order valence-corrected chi connectivity index (χ3v) is 3.54. The molecule has 0 aliphatic carbocycles. The van der Waals surface area contributed by atoms with Crippen LogP contribution in [0, 0.1) is 0 Å². The van der Waals surface area contributed by atoms with Gasteiger partial charge >= 0.3 is 12.1 Å². The minimum absolute atomic E-state index is 0.0325. The highest BCUT2D eigenvalue weighted by atomic mass is 19.4. The first-order valence-corrected chi connectivity index (χ1v) is 7.34. The van der Waals surface area contributed by atoms with E-state index >= 15 is 0 Å². The minimum Gasteiger partial charge on any atom is -0.462 e. The van der Waals surface area contributed by atoms with E-state index in [1.165, 1.54) is 35.9 Å². The van der Waals surface area contributed by atoms with Crippen molar-refractivity contribution < 1.29 is 27.5 Å². The van der Waals surface area contributed by atoms with Crippen molar-refractivity contribution >= 4 is 17.5 Å². The third-order valence-electron chi connectivity index (χ3n) is 3.54. The molecule has 0 unspecified atom stereocenters. The van der Waals surface area contributed by atoms with Gasteiger partial charge in [-0.1, -0.05) is 0 Å². The Bertz CT molecular complexity index is 1010. The van der Waals surface area contributed by atoms with Gasteiger partial charge in [0.25, 0.3) is 5.91 Å². The number of ether oxygens (including phenoxy) is 1. The Hall–Kier alpha value is -3.37. The van der Waals surface area contributed by atoms with Crippen molar-refractivity contribution in [2.24, 2.45) is 5.73 Å². The summed E-state index contributed by atoms with van der Waals surface area (Å²) >= 11 is 0. The minimum atomic E-state index is -4.88. The fraction of sp³-hybridized carbons (Fsp3) is 0.200. The molecule has 0 saturated heterocycles. The SMILES string of the molecule is CCOC(=O)c1cnn(-c2ccc(C(N)=O)c3nccn23)c1C(F)(F)F. The normalized spacial score (nSPS) is 11.7. The number of nitrogens with zero attached hydrogens (tertiary/aromatic N) is 4. The number of esters is 1. The Morgan fingerprint density at radius 3 is 2.62 bits per heavy atom. The van der Waals surface area contributed by atoms with Crippen LogP contribution in [0.3, 0.4) is 0 Å². The summed E-state index contributed by atoms with van der Waals surface area (Å²) in [5.74, 6) is -2.00. The molecule has 0 aliphatic rings. The average molecular weight is 367 g/mol. The van der Waals surface area contributed by atoms with Crippen LogP contribution in [0.15, 0.2) is 30.7 Å². The van der Waals surface area contributed by atoms with E-state index in [2.05, 4.69) is 14.8 Å².